The lowest BCUT2D eigenvalue weighted by Crippen LogP contribution is -2.60. The van der Waals surface area contributed by atoms with Gasteiger partial charge in [-0.25, -0.2) is 18.2 Å². The molecule has 2 aliphatic carbocycles. The summed E-state index contributed by atoms with van der Waals surface area (Å²) in [6.45, 7) is 10.3. The molecule has 3 N–H and O–H groups in total. The number of carbonyl (C=O) groups is 4. The predicted molar refractivity (Wildman–Crippen MR) is 209 cm³/mol. The Bertz CT molecular complexity index is 2060. The summed E-state index contributed by atoms with van der Waals surface area (Å²) in [6.07, 6.45) is 7.23. The molecule has 4 amide bonds. The molecule has 0 unspecified atom stereocenters. The Labute approximate surface area is 328 Å². The van der Waals surface area contributed by atoms with Crippen molar-refractivity contribution in [1.82, 2.24) is 24.8 Å². The van der Waals surface area contributed by atoms with Gasteiger partial charge in [-0.2, -0.15) is 0 Å². The Balaban J connectivity index is 1.28. The molecular weight excluding hydrogens is 741 g/mol. The smallest absolute Gasteiger partial charge is 0.408 e. The zero-order valence-corrected chi connectivity index (χ0v) is 33.8. The van der Waals surface area contributed by atoms with Crippen molar-refractivity contribution in [3.05, 3.63) is 36.5 Å². The Kier molecular flexibility index (Phi) is 10.4. The van der Waals surface area contributed by atoms with Gasteiger partial charge in [0.15, 0.2) is 5.75 Å². The number of benzene rings is 1. The molecule has 5 aliphatic rings. The topological polar surface area (TPSA) is 188 Å². The van der Waals surface area contributed by atoms with Crippen LogP contribution in [0, 0.1) is 17.8 Å². The van der Waals surface area contributed by atoms with Gasteiger partial charge in [-0.15, -0.1) is 0 Å². The van der Waals surface area contributed by atoms with Gasteiger partial charge in [0.25, 0.3) is 5.91 Å². The van der Waals surface area contributed by atoms with Crippen molar-refractivity contribution >= 4 is 50.3 Å². The first-order valence-electron chi connectivity index (χ1n) is 19.8. The molecule has 2 aromatic rings. The van der Waals surface area contributed by atoms with E-state index in [1.54, 1.807) is 27.0 Å². The molecule has 1 aromatic heterocycles. The number of sulfonamides is 1. The number of ether oxygens (including phenoxy) is 2. The van der Waals surface area contributed by atoms with Gasteiger partial charge in [-0.3, -0.25) is 24.0 Å². The monoisotopic (exact) mass is 794 g/mol. The average molecular weight is 795 g/mol. The van der Waals surface area contributed by atoms with Gasteiger partial charge in [-0.05, 0) is 89.3 Å². The van der Waals surface area contributed by atoms with Gasteiger partial charge in [0.1, 0.15) is 29.8 Å². The van der Waals surface area contributed by atoms with E-state index in [1.807, 2.05) is 44.3 Å². The lowest BCUT2D eigenvalue weighted by Gasteiger charge is -2.39. The molecule has 1 aromatic carbocycles. The first kappa shape index (κ1) is 39.6. The normalized spacial score (nSPS) is 31.5. The number of rotatable bonds is 7. The van der Waals surface area contributed by atoms with Crippen LogP contribution >= 0.6 is 0 Å². The highest BCUT2D eigenvalue weighted by Gasteiger charge is 2.63. The SMILES string of the molecule is CC(C)N(C(=O)O)[C@@H]1C(=O)N2C[C@](C)(Oc3nccc4c5c(ccc34)N(C)CCO5)C[C@H]2C(=O)N[C@]2(C(=O)NS(=O)(=O)C3CC3)C[C@H]2/C=C\CC[C@@H](C)C[C@H]1C. The Morgan fingerprint density at radius 3 is 2.57 bits per heavy atom. The summed E-state index contributed by atoms with van der Waals surface area (Å²) in [5.41, 5.74) is -1.81. The van der Waals surface area contributed by atoms with Crippen LogP contribution in [0.15, 0.2) is 36.5 Å². The number of pyridine rings is 1. The summed E-state index contributed by atoms with van der Waals surface area (Å²) < 4.78 is 40.9. The van der Waals surface area contributed by atoms with Gasteiger partial charge in [0.05, 0.1) is 24.0 Å². The van der Waals surface area contributed by atoms with Gasteiger partial charge in [0.2, 0.25) is 27.7 Å². The number of hydrogen-bond donors (Lipinski definition) is 3. The van der Waals surface area contributed by atoms with E-state index in [4.69, 9.17) is 9.47 Å². The number of nitrogens with one attached hydrogen (secondary N) is 2. The van der Waals surface area contributed by atoms with Crippen molar-refractivity contribution in [3.63, 3.8) is 0 Å². The van der Waals surface area contributed by atoms with E-state index in [-0.39, 0.29) is 31.2 Å². The van der Waals surface area contributed by atoms with E-state index < -0.39 is 80.2 Å². The quantitative estimate of drug-likeness (QED) is 0.343. The third-order valence-electron chi connectivity index (χ3n) is 12.2. The minimum Gasteiger partial charge on any atom is -0.489 e. The zero-order valence-electron chi connectivity index (χ0n) is 33.0. The van der Waals surface area contributed by atoms with Gasteiger partial charge in [-0.1, -0.05) is 26.0 Å². The van der Waals surface area contributed by atoms with Crippen LogP contribution in [0.1, 0.15) is 79.6 Å². The number of carboxylic acid groups (broad SMARTS) is 1. The van der Waals surface area contributed by atoms with Crippen molar-refractivity contribution in [3.8, 4) is 11.6 Å². The molecule has 3 fully saturated rings. The maximum atomic E-state index is 15.1. The number of carbonyl (C=O) groups excluding carboxylic acids is 3. The molecule has 1 saturated heterocycles. The molecule has 3 aliphatic heterocycles. The van der Waals surface area contributed by atoms with Gasteiger partial charge < -0.3 is 29.7 Å². The largest absolute Gasteiger partial charge is 0.489 e. The van der Waals surface area contributed by atoms with Crippen LogP contribution in [-0.2, 0) is 24.4 Å². The number of anilines is 1. The number of amides is 4. The number of likely N-dealkylation sites (N-methyl/N-ethyl adjacent to an activating group) is 1. The molecule has 0 radical (unpaired) electrons. The highest BCUT2D eigenvalue weighted by atomic mass is 32.2. The minimum absolute atomic E-state index is 0.0162. The van der Waals surface area contributed by atoms with Crippen LogP contribution in [0.25, 0.3) is 10.8 Å². The van der Waals surface area contributed by atoms with E-state index in [0.717, 1.165) is 24.0 Å². The Morgan fingerprint density at radius 2 is 1.88 bits per heavy atom. The van der Waals surface area contributed by atoms with Crippen molar-refractivity contribution < 1.29 is 42.2 Å². The highest BCUT2D eigenvalue weighted by Crippen LogP contribution is 2.47. The summed E-state index contributed by atoms with van der Waals surface area (Å²) in [5.74, 6) is -1.78. The third-order valence-corrected chi connectivity index (χ3v) is 14.0. The Hall–Kier alpha value is -4.60. The molecule has 2 saturated carbocycles. The van der Waals surface area contributed by atoms with Crippen molar-refractivity contribution in [1.29, 1.82) is 0 Å². The summed E-state index contributed by atoms with van der Waals surface area (Å²) in [5, 5.41) is 14.2. The first-order valence-corrected chi connectivity index (χ1v) is 21.3. The van der Waals surface area contributed by atoms with Gasteiger partial charge in [0, 0.05) is 42.4 Å². The second-order valence-corrected chi connectivity index (χ2v) is 19.1. The molecule has 16 heteroatoms. The van der Waals surface area contributed by atoms with Crippen LogP contribution in [0.2, 0.25) is 0 Å². The fourth-order valence-electron chi connectivity index (χ4n) is 8.91. The molecule has 56 heavy (non-hydrogen) atoms. The molecule has 0 bridgehead atoms. The van der Waals surface area contributed by atoms with E-state index in [1.165, 1.54) is 9.80 Å². The molecule has 4 heterocycles. The average Bonchev–Trinajstić information content (AvgIpc) is 4.06. The number of aromatic nitrogens is 1. The predicted octanol–water partition coefficient (Wildman–Crippen LogP) is 4.05. The standard InChI is InChI=1S/C40H54N6O9S/c1-23(2)46(38(50)51)32-25(4)19-24(3)9-7-8-10-26-20-40(26,37(49)43-56(52,53)27-11-12-27)42-34(47)31-21-39(5,22-45(31)36(32)48)55-35-29-13-14-30-33(28(29)15-16-41-35)54-18-17-44(30)6/h8,10,13-16,23-27,31-32H,7,9,11-12,17-22H2,1-6H3,(H,42,47)(H,43,49)(H,50,51)/b10-8-/t24-,25-,26-,31+,32+,39-,40-/m1/s1. The number of fused-ring (bicyclic) bond motifs is 5. The highest BCUT2D eigenvalue weighted by molar-refractivity contribution is 7.91. The lowest BCUT2D eigenvalue weighted by molar-refractivity contribution is -0.145. The van der Waals surface area contributed by atoms with Crippen molar-refractivity contribution in [2.24, 2.45) is 17.8 Å². The summed E-state index contributed by atoms with van der Waals surface area (Å²) in [4.78, 5) is 65.7. The van der Waals surface area contributed by atoms with E-state index in [2.05, 4.69) is 26.8 Å². The van der Waals surface area contributed by atoms with Crippen LogP contribution in [0.3, 0.4) is 0 Å². The number of nitrogens with zero attached hydrogens (tertiary/aromatic N) is 4. The van der Waals surface area contributed by atoms with Crippen LogP contribution in [0.4, 0.5) is 10.5 Å². The fourth-order valence-corrected chi connectivity index (χ4v) is 10.3. The Morgan fingerprint density at radius 1 is 1.12 bits per heavy atom. The van der Waals surface area contributed by atoms with E-state index >= 15 is 4.79 Å². The maximum Gasteiger partial charge on any atom is 0.408 e. The van der Waals surface area contributed by atoms with Crippen LogP contribution in [0.5, 0.6) is 11.6 Å². The summed E-state index contributed by atoms with van der Waals surface area (Å²) in [6, 6.07) is 2.83. The molecular formula is C40H54N6O9S. The van der Waals surface area contributed by atoms with Gasteiger partial charge >= 0.3 is 6.09 Å². The minimum atomic E-state index is -3.92. The number of allylic oxidation sites excluding steroid dienone is 1. The van der Waals surface area contributed by atoms with Crippen LogP contribution < -0.4 is 24.4 Å². The fraction of sp³-hybridized carbons (Fsp3) is 0.625. The summed E-state index contributed by atoms with van der Waals surface area (Å²) in [7, 11) is -1.93. The van der Waals surface area contributed by atoms with Crippen LogP contribution in [-0.4, -0.2) is 113 Å². The van der Waals surface area contributed by atoms with Crippen molar-refractivity contribution in [2.75, 3.05) is 31.6 Å². The van der Waals surface area contributed by atoms with E-state index in [9.17, 15) is 27.9 Å². The zero-order chi connectivity index (χ0) is 40.3. The van der Waals surface area contributed by atoms with Crippen molar-refractivity contribution in [2.45, 2.75) is 114 Å². The molecule has 7 rings (SSSR count). The number of hydrogen-bond acceptors (Lipinski definition) is 10. The third kappa shape index (κ3) is 7.48. The second kappa shape index (κ2) is 14.7. The maximum absolute atomic E-state index is 15.1. The second-order valence-electron chi connectivity index (χ2n) is 17.1. The van der Waals surface area contributed by atoms with E-state index in [0.29, 0.717) is 43.4 Å². The lowest BCUT2D eigenvalue weighted by atomic mass is 9.86. The molecule has 304 valence electrons. The first-order chi connectivity index (χ1) is 26.4. The molecule has 7 atom stereocenters. The summed E-state index contributed by atoms with van der Waals surface area (Å²) >= 11 is 0. The molecule has 15 nitrogen and oxygen atoms in total. The molecule has 0 spiro atoms.